The molecule has 2 heterocycles. The van der Waals surface area contributed by atoms with Crippen LogP contribution in [0.1, 0.15) is 25.3 Å². The van der Waals surface area contributed by atoms with Crippen LogP contribution in [0.25, 0.3) is 0 Å². The molecule has 7 nitrogen and oxygen atoms in total. The number of aryl methyl sites for hydroxylation is 1. The average Bonchev–Trinajstić information content (AvgIpc) is 2.64. The molecule has 0 bridgehead atoms. The molecular formula is C19H25N5O2. The lowest BCUT2D eigenvalue weighted by molar-refractivity contribution is 0.208. The Labute approximate surface area is 153 Å². The van der Waals surface area contributed by atoms with Crippen molar-refractivity contribution in [3.8, 4) is 0 Å². The summed E-state index contributed by atoms with van der Waals surface area (Å²) in [5.41, 5.74) is 2.67. The molecular weight excluding hydrogens is 330 g/mol. The number of carbonyl (C=O) groups excluding carboxylic acids is 1. The van der Waals surface area contributed by atoms with Gasteiger partial charge in [-0.2, -0.15) is 5.10 Å². The van der Waals surface area contributed by atoms with Gasteiger partial charge in [0.25, 0.3) is 5.56 Å². The van der Waals surface area contributed by atoms with Crippen molar-refractivity contribution < 1.29 is 4.79 Å². The molecule has 2 aromatic rings. The van der Waals surface area contributed by atoms with E-state index in [9.17, 15) is 9.59 Å². The minimum absolute atomic E-state index is 0.0835. The number of para-hydroxylation sites is 1. The minimum atomic E-state index is -0.132. The van der Waals surface area contributed by atoms with Gasteiger partial charge in [-0.05, 0) is 17.5 Å². The van der Waals surface area contributed by atoms with Crippen molar-refractivity contribution >= 4 is 17.4 Å². The van der Waals surface area contributed by atoms with Crippen molar-refractivity contribution in [1.82, 2.24) is 14.7 Å². The van der Waals surface area contributed by atoms with Crippen molar-refractivity contribution in [1.29, 1.82) is 0 Å². The second-order valence-electron chi connectivity index (χ2n) is 6.82. The van der Waals surface area contributed by atoms with Crippen molar-refractivity contribution in [3.05, 3.63) is 52.4 Å². The van der Waals surface area contributed by atoms with Crippen LogP contribution in [0, 0.1) is 0 Å². The second kappa shape index (κ2) is 7.59. The van der Waals surface area contributed by atoms with Gasteiger partial charge in [-0.25, -0.2) is 9.48 Å². The highest BCUT2D eigenvalue weighted by molar-refractivity contribution is 5.90. The van der Waals surface area contributed by atoms with E-state index in [0.717, 1.165) is 16.9 Å². The van der Waals surface area contributed by atoms with E-state index in [1.807, 2.05) is 29.2 Å². The molecule has 26 heavy (non-hydrogen) atoms. The number of piperazine rings is 1. The van der Waals surface area contributed by atoms with Crippen LogP contribution >= 0.6 is 0 Å². The SMILES string of the molecule is CC(C)c1ccccc1NC(=O)N1CCN(c2cnn(C)c(=O)c2)CC1. The molecule has 0 atom stereocenters. The summed E-state index contributed by atoms with van der Waals surface area (Å²) in [5, 5.41) is 7.10. The molecule has 7 heteroatoms. The van der Waals surface area contributed by atoms with Gasteiger partial charge in [0.1, 0.15) is 0 Å². The highest BCUT2D eigenvalue weighted by atomic mass is 16.2. The van der Waals surface area contributed by atoms with Gasteiger partial charge in [-0.15, -0.1) is 0 Å². The zero-order valence-electron chi connectivity index (χ0n) is 15.5. The fourth-order valence-corrected chi connectivity index (χ4v) is 3.11. The van der Waals surface area contributed by atoms with Crippen LogP contribution in [-0.2, 0) is 7.05 Å². The average molecular weight is 355 g/mol. The fraction of sp³-hybridized carbons (Fsp3) is 0.421. The maximum absolute atomic E-state index is 12.6. The first kappa shape index (κ1) is 18.0. The third-order valence-corrected chi connectivity index (χ3v) is 4.71. The molecule has 0 radical (unpaired) electrons. The first-order valence-electron chi connectivity index (χ1n) is 8.89. The van der Waals surface area contributed by atoms with Crippen LogP contribution in [0.3, 0.4) is 0 Å². The summed E-state index contributed by atoms with van der Waals surface area (Å²) in [5.74, 6) is 0.344. The lowest BCUT2D eigenvalue weighted by atomic mass is 10.0. The third kappa shape index (κ3) is 3.87. The van der Waals surface area contributed by atoms with Crippen molar-refractivity contribution in [2.24, 2.45) is 7.05 Å². The van der Waals surface area contributed by atoms with Crippen LogP contribution in [0.5, 0.6) is 0 Å². The number of urea groups is 1. The summed E-state index contributed by atoms with van der Waals surface area (Å²) in [7, 11) is 1.63. The maximum Gasteiger partial charge on any atom is 0.321 e. The lowest BCUT2D eigenvalue weighted by Crippen LogP contribution is -2.50. The molecule has 1 N–H and O–H groups in total. The van der Waals surface area contributed by atoms with Gasteiger partial charge >= 0.3 is 6.03 Å². The summed E-state index contributed by atoms with van der Waals surface area (Å²) in [4.78, 5) is 28.3. The van der Waals surface area contributed by atoms with Crippen LogP contribution in [0.4, 0.5) is 16.2 Å². The molecule has 0 aliphatic carbocycles. The molecule has 1 aliphatic rings. The Bertz CT molecular complexity index is 838. The largest absolute Gasteiger partial charge is 0.367 e. The topological polar surface area (TPSA) is 70.5 Å². The van der Waals surface area contributed by atoms with E-state index < -0.39 is 0 Å². The highest BCUT2D eigenvalue weighted by Crippen LogP contribution is 2.24. The molecule has 2 amide bonds. The standard InChI is InChI=1S/C19H25N5O2/c1-14(2)16-6-4-5-7-17(16)21-19(26)24-10-8-23(9-11-24)15-12-18(25)22(3)20-13-15/h4-7,12-14H,8-11H2,1-3H3,(H,21,26). The summed E-state index contributed by atoms with van der Waals surface area (Å²) >= 11 is 0. The van der Waals surface area contributed by atoms with E-state index in [0.29, 0.717) is 32.1 Å². The van der Waals surface area contributed by atoms with Crippen molar-refractivity contribution in [3.63, 3.8) is 0 Å². The van der Waals surface area contributed by atoms with Crippen molar-refractivity contribution in [2.45, 2.75) is 19.8 Å². The number of benzene rings is 1. The lowest BCUT2D eigenvalue weighted by Gasteiger charge is -2.36. The van der Waals surface area contributed by atoms with Crippen molar-refractivity contribution in [2.75, 3.05) is 36.4 Å². The molecule has 3 rings (SSSR count). The maximum atomic E-state index is 12.6. The van der Waals surface area contributed by atoms with Gasteiger partial charge in [0, 0.05) is 45.0 Å². The number of hydrogen-bond acceptors (Lipinski definition) is 4. The number of anilines is 2. The highest BCUT2D eigenvalue weighted by Gasteiger charge is 2.22. The van der Waals surface area contributed by atoms with Gasteiger partial charge < -0.3 is 15.1 Å². The Morgan fingerprint density at radius 1 is 1.15 bits per heavy atom. The van der Waals surface area contributed by atoms with Crippen LogP contribution < -0.4 is 15.8 Å². The number of hydrogen-bond donors (Lipinski definition) is 1. The normalized spacial score (nSPS) is 14.6. The number of nitrogens with zero attached hydrogens (tertiary/aromatic N) is 4. The van der Waals surface area contributed by atoms with Gasteiger partial charge in [-0.3, -0.25) is 4.79 Å². The van der Waals surface area contributed by atoms with Crippen LogP contribution in [0.15, 0.2) is 41.3 Å². The monoisotopic (exact) mass is 355 g/mol. The molecule has 1 aromatic carbocycles. The predicted molar refractivity (Wildman–Crippen MR) is 103 cm³/mol. The molecule has 0 saturated carbocycles. The summed E-state index contributed by atoms with van der Waals surface area (Å²) in [6.07, 6.45) is 1.69. The Morgan fingerprint density at radius 2 is 1.85 bits per heavy atom. The van der Waals surface area contributed by atoms with Gasteiger partial charge in [0.2, 0.25) is 0 Å². The van der Waals surface area contributed by atoms with Gasteiger partial charge in [-0.1, -0.05) is 32.0 Å². The predicted octanol–water partition coefficient (Wildman–Crippen LogP) is 2.26. The van der Waals surface area contributed by atoms with E-state index >= 15 is 0 Å². The fourth-order valence-electron chi connectivity index (χ4n) is 3.11. The Kier molecular flexibility index (Phi) is 5.25. The quantitative estimate of drug-likeness (QED) is 0.917. The number of amides is 2. The first-order chi connectivity index (χ1) is 12.5. The Morgan fingerprint density at radius 3 is 2.50 bits per heavy atom. The molecule has 138 valence electrons. The molecule has 0 spiro atoms. The number of nitrogens with one attached hydrogen (secondary N) is 1. The van der Waals surface area contributed by atoms with E-state index in [4.69, 9.17) is 0 Å². The summed E-state index contributed by atoms with van der Waals surface area (Å²) < 4.78 is 1.30. The smallest absolute Gasteiger partial charge is 0.321 e. The van der Waals surface area contributed by atoms with Gasteiger partial charge in [0.05, 0.1) is 11.9 Å². The molecule has 1 aromatic heterocycles. The first-order valence-corrected chi connectivity index (χ1v) is 8.89. The zero-order valence-corrected chi connectivity index (χ0v) is 15.5. The number of carbonyl (C=O) groups is 1. The van der Waals surface area contributed by atoms with Crippen LogP contribution in [-0.4, -0.2) is 46.9 Å². The molecule has 1 aliphatic heterocycles. The van der Waals surface area contributed by atoms with E-state index in [1.165, 1.54) is 4.68 Å². The minimum Gasteiger partial charge on any atom is -0.367 e. The number of aromatic nitrogens is 2. The molecule has 1 saturated heterocycles. The van der Waals surface area contributed by atoms with Gasteiger partial charge in [0.15, 0.2) is 0 Å². The Hall–Kier alpha value is -2.83. The third-order valence-electron chi connectivity index (χ3n) is 4.71. The second-order valence-corrected chi connectivity index (χ2v) is 6.82. The van der Waals surface area contributed by atoms with E-state index in [-0.39, 0.29) is 11.6 Å². The summed E-state index contributed by atoms with van der Waals surface area (Å²) in [6.45, 7) is 6.78. The van der Waals surface area contributed by atoms with E-state index in [2.05, 4.69) is 29.2 Å². The van der Waals surface area contributed by atoms with E-state index in [1.54, 1.807) is 19.3 Å². The Balaban J connectivity index is 1.62. The summed E-state index contributed by atoms with van der Waals surface area (Å²) in [6, 6.07) is 9.40. The molecule has 1 fully saturated rings. The van der Waals surface area contributed by atoms with Crippen LogP contribution in [0.2, 0.25) is 0 Å². The zero-order chi connectivity index (χ0) is 18.7. The molecule has 0 unspecified atom stereocenters. The number of rotatable bonds is 3.